The van der Waals surface area contributed by atoms with Crippen LogP contribution < -0.4 is 11.1 Å². The van der Waals surface area contributed by atoms with Gasteiger partial charge in [-0.3, -0.25) is 4.79 Å². The van der Waals surface area contributed by atoms with Gasteiger partial charge in [0.2, 0.25) is 5.91 Å². The molecule has 6 heteroatoms. The Labute approximate surface area is 118 Å². The Kier molecular flexibility index (Phi) is 6.62. The van der Waals surface area contributed by atoms with Gasteiger partial charge in [-0.25, -0.2) is 0 Å². The lowest BCUT2D eigenvalue weighted by molar-refractivity contribution is -0.117. The number of carbonyl (C=O) groups excluding carboxylic acids is 1. The van der Waals surface area contributed by atoms with Gasteiger partial charge in [0.05, 0.1) is 37.1 Å². The lowest BCUT2D eigenvalue weighted by Crippen LogP contribution is -2.20. The van der Waals surface area contributed by atoms with Gasteiger partial charge in [0, 0.05) is 12.1 Å². The Morgan fingerprint density at radius 2 is 2.26 bits per heavy atom. The fraction of sp³-hybridized carbons (Fsp3) is 0.462. The van der Waals surface area contributed by atoms with Crippen LogP contribution in [0.2, 0.25) is 5.02 Å². The molecule has 1 aromatic rings. The predicted octanol–water partition coefficient (Wildman–Crippen LogP) is 2.30. The summed E-state index contributed by atoms with van der Waals surface area (Å²) in [6.07, 6.45) is 0.217. The first-order valence-corrected chi connectivity index (χ1v) is 6.36. The summed E-state index contributed by atoms with van der Waals surface area (Å²) in [6.45, 7) is 2.72. The smallest absolute Gasteiger partial charge is 0.226 e. The molecule has 1 rings (SSSR count). The molecule has 1 amide bonds. The third-order valence-electron chi connectivity index (χ3n) is 2.42. The highest BCUT2D eigenvalue weighted by atomic mass is 35.5. The molecule has 0 radical (unpaired) electrons. The van der Waals surface area contributed by atoms with E-state index in [9.17, 15) is 4.79 Å². The first-order chi connectivity index (χ1) is 9.02. The molecule has 1 unspecified atom stereocenters. The van der Waals surface area contributed by atoms with E-state index in [0.29, 0.717) is 29.6 Å². The van der Waals surface area contributed by atoms with E-state index in [0.717, 1.165) is 0 Å². The van der Waals surface area contributed by atoms with Crippen LogP contribution in [0.5, 0.6) is 0 Å². The number of anilines is 2. The molecule has 3 N–H and O–H groups in total. The minimum Gasteiger partial charge on any atom is -0.397 e. The monoisotopic (exact) mass is 286 g/mol. The number of amides is 1. The molecule has 5 nitrogen and oxygen atoms in total. The molecule has 0 aliphatic heterocycles. The topological polar surface area (TPSA) is 73.6 Å². The summed E-state index contributed by atoms with van der Waals surface area (Å²) in [5.41, 5.74) is 6.73. The quantitative estimate of drug-likeness (QED) is 0.754. The number of nitrogens with two attached hydrogens (primary N) is 1. The van der Waals surface area contributed by atoms with Crippen LogP contribution in [-0.2, 0) is 14.3 Å². The molecule has 0 aliphatic carbocycles. The van der Waals surface area contributed by atoms with E-state index in [4.69, 9.17) is 26.8 Å². The molecule has 0 aliphatic rings. The second-order valence-corrected chi connectivity index (χ2v) is 4.60. The maximum absolute atomic E-state index is 11.7. The van der Waals surface area contributed by atoms with Crippen LogP contribution >= 0.6 is 11.6 Å². The number of hydrogen-bond acceptors (Lipinski definition) is 4. The minimum atomic E-state index is -0.168. The van der Waals surface area contributed by atoms with Crippen LogP contribution in [0, 0.1) is 0 Å². The summed E-state index contributed by atoms with van der Waals surface area (Å²) in [6, 6.07) is 4.93. The molecular formula is C13H19ClN2O3. The van der Waals surface area contributed by atoms with Crippen molar-refractivity contribution in [2.24, 2.45) is 0 Å². The van der Waals surface area contributed by atoms with E-state index in [1.165, 1.54) is 0 Å². The van der Waals surface area contributed by atoms with Crippen molar-refractivity contribution in [2.75, 3.05) is 31.4 Å². The van der Waals surface area contributed by atoms with E-state index in [1.54, 1.807) is 25.3 Å². The number of rotatable bonds is 7. The molecule has 0 saturated carbocycles. The van der Waals surface area contributed by atoms with Gasteiger partial charge in [0.15, 0.2) is 0 Å². The van der Waals surface area contributed by atoms with Crippen molar-refractivity contribution in [3.05, 3.63) is 23.2 Å². The highest BCUT2D eigenvalue weighted by Gasteiger charge is 2.07. The molecule has 19 heavy (non-hydrogen) atoms. The summed E-state index contributed by atoms with van der Waals surface area (Å²) in [4.78, 5) is 11.7. The standard InChI is InChI=1S/C13H19ClN2O3/c1-9(8-18-2)19-6-5-13(17)16-12-7-10(14)3-4-11(12)15/h3-4,7,9H,5-6,8,15H2,1-2H3,(H,16,17). The highest BCUT2D eigenvalue weighted by Crippen LogP contribution is 2.22. The van der Waals surface area contributed by atoms with Crippen LogP contribution in [0.3, 0.4) is 0 Å². The molecule has 1 aromatic carbocycles. The van der Waals surface area contributed by atoms with Crippen LogP contribution in [0.15, 0.2) is 18.2 Å². The molecule has 0 bridgehead atoms. The number of nitrogens with one attached hydrogen (secondary N) is 1. The number of ether oxygens (including phenoxy) is 2. The lowest BCUT2D eigenvalue weighted by Gasteiger charge is -2.12. The molecule has 0 spiro atoms. The van der Waals surface area contributed by atoms with Crippen molar-refractivity contribution in [2.45, 2.75) is 19.4 Å². The molecule has 0 heterocycles. The van der Waals surface area contributed by atoms with E-state index < -0.39 is 0 Å². The van der Waals surface area contributed by atoms with Crippen molar-refractivity contribution >= 4 is 28.9 Å². The second-order valence-electron chi connectivity index (χ2n) is 4.17. The molecule has 106 valence electrons. The Morgan fingerprint density at radius 1 is 1.53 bits per heavy atom. The van der Waals surface area contributed by atoms with Crippen molar-refractivity contribution < 1.29 is 14.3 Å². The number of carbonyl (C=O) groups is 1. The molecule has 0 aromatic heterocycles. The third kappa shape index (κ3) is 5.92. The Hall–Kier alpha value is -1.30. The SMILES string of the molecule is COCC(C)OCCC(=O)Nc1cc(Cl)ccc1N. The Balaban J connectivity index is 2.37. The van der Waals surface area contributed by atoms with Gasteiger partial charge >= 0.3 is 0 Å². The van der Waals surface area contributed by atoms with Gasteiger partial charge < -0.3 is 20.5 Å². The number of methoxy groups -OCH3 is 1. The summed E-state index contributed by atoms with van der Waals surface area (Å²) < 4.78 is 10.3. The van der Waals surface area contributed by atoms with E-state index in [-0.39, 0.29) is 18.4 Å². The third-order valence-corrected chi connectivity index (χ3v) is 2.66. The van der Waals surface area contributed by atoms with Crippen LogP contribution in [-0.4, -0.2) is 32.3 Å². The predicted molar refractivity (Wildman–Crippen MR) is 76.4 cm³/mol. The van der Waals surface area contributed by atoms with Crippen LogP contribution in [0.1, 0.15) is 13.3 Å². The second kappa shape index (κ2) is 7.99. The van der Waals surface area contributed by atoms with Gasteiger partial charge in [-0.1, -0.05) is 11.6 Å². The van der Waals surface area contributed by atoms with Crippen molar-refractivity contribution in [3.8, 4) is 0 Å². The van der Waals surface area contributed by atoms with Gasteiger partial charge in [0.25, 0.3) is 0 Å². The van der Waals surface area contributed by atoms with Gasteiger partial charge in [-0.05, 0) is 25.1 Å². The zero-order valence-corrected chi connectivity index (χ0v) is 11.9. The number of halogens is 1. The van der Waals surface area contributed by atoms with Gasteiger partial charge in [-0.15, -0.1) is 0 Å². The average molecular weight is 287 g/mol. The fourth-order valence-electron chi connectivity index (χ4n) is 1.49. The van der Waals surface area contributed by atoms with E-state index >= 15 is 0 Å². The van der Waals surface area contributed by atoms with Crippen LogP contribution in [0.4, 0.5) is 11.4 Å². The van der Waals surface area contributed by atoms with E-state index in [2.05, 4.69) is 5.32 Å². The summed E-state index contributed by atoms with van der Waals surface area (Å²) in [5.74, 6) is -0.168. The number of nitrogen functional groups attached to an aromatic ring is 1. The number of hydrogen-bond donors (Lipinski definition) is 2. The summed E-state index contributed by atoms with van der Waals surface area (Å²) in [5, 5.41) is 3.22. The number of benzene rings is 1. The van der Waals surface area contributed by atoms with Crippen molar-refractivity contribution in [1.82, 2.24) is 0 Å². The fourth-order valence-corrected chi connectivity index (χ4v) is 1.66. The summed E-state index contributed by atoms with van der Waals surface area (Å²) >= 11 is 5.84. The maximum atomic E-state index is 11.7. The van der Waals surface area contributed by atoms with Gasteiger partial charge in [-0.2, -0.15) is 0 Å². The highest BCUT2D eigenvalue weighted by molar-refractivity contribution is 6.31. The minimum absolute atomic E-state index is 0.0333. The van der Waals surface area contributed by atoms with Gasteiger partial charge in [0.1, 0.15) is 0 Å². The zero-order valence-electron chi connectivity index (χ0n) is 11.1. The van der Waals surface area contributed by atoms with Crippen LogP contribution in [0.25, 0.3) is 0 Å². The summed E-state index contributed by atoms with van der Waals surface area (Å²) in [7, 11) is 1.61. The molecule has 0 saturated heterocycles. The first kappa shape index (κ1) is 15.8. The first-order valence-electron chi connectivity index (χ1n) is 5.98. The normalized spacial score (nSPS) is 12.2. The lowest BCUT2D eigenvalue weighted by atomic mass is 10.2. The van der Waals surface area contributed by atoms with E-state index in [1.807, 2.05) is 6.92 Å². The molecular weight excluding hydrogens is 268 g/mol. The Bertz CT molecular complexity index is 426. The largest absolute Gasteiger partial charge is 0.397 e. The zero-order chi connectivity index (χ0) is 14.3. The maximum Gasteiger partial charge on any atom is 0.226 e. The van der Waals surface area contributed by atoms with Crippen molar-refractivity contribution in [3.63, 3.8) is 0 Å². The molecule has 0 fully saturated rings. The van der Waals surface area contributed by atoms with Crippen molar-refractivity contribution in [1.29, 1.82) is 0 Å². The molecule has 1 atom stereocenters. The average Bonchev–Trinajstić information content (AvgIpc) is 2.34. The Morgan fingerprint density at radius 3 is 2.95 bits per heavy atom.